The molecule has 0 aliphatic carbocycles. The number of hydrogen-bond acceptors (Lipinski definition) is 4. The second-order valence-electron chi connectivity index (χ2n) is 5.76. The largest absolute Gasteiger partial charge is 0.494 e. The quantitative estimate of drug-likeness (QED) is 0.781. The summed E-state index contributed by atoms with van der Waals surface area (Å²) in [7, 11) is 1.45. The van der Waals surface area contributed by atoms with E-state index < -0.39 is 5.82 Å². The SMILES string of the molecule is COc1ccc(-c2cn3ccnc3c(NCC(C)C)n2)cc1F. The molecule has 6 heteroatoms. The molecule has 0 aliphatic heterocycles. The first-order valence-electron chi connectivity index (χ1n) is 7.50. The molecule has 3 rings (SSSR count). The summed E-state index contributed by atoms with van der Waals surface area (Å²) in [6.45, 7) is 5.03. The van der Waals surface area contributed by atoms with Gasteiger partial charge in [-0.3, -0.25) is 0 Å². The molecule has 0 saturated heterocycles. The van der Waals surface area contributed by atoms with Crippen molar-refractivity contribution in [3.8, 4) is 17.0 Å². The van der Waals surface area contributed by atoms with Gasteiger partial charge in [0.25, 0.3) is 0 Å². The first-order chi connectivity index (χ1) is 11.1. The topological polar surface area (TPSA) is 51.5 Å². The number of benzene rings is 1. The summed E-state index contributed by atoms with van der Waals surface area (Å²) in [4.78, 5) is 8.93. The van der Waals surface area contributed by atoms with Crippen LogP contribution in [0.15, 0.2) is 36.8 Å². The molecule has 23 heavy (non-hydrogen) atoms. The van der Waals surface area contributed by atoms with Crippen molar-refractivity contribution >= 4 is 11.5 Å². The van der Waals surface area contributed by atoms with Gasteiger partial charge in [0.15, 0.2) is 23.0 Å². The normalized spacial score (nSPS) is 11.2. The van der Waals surface area contributed by atoms with Crippen molar-refractivity contribution < 1.29 is 9.13 Å². The average Bonchev–Trinajstić information content (AvgIpc) is 3.00. The fourth-order valence-electron chi connectivity index (χ4n) is 2.32. The highest BCUT2D eigenvalue weighted by molar-refractivity contribution is 5.69. The lowest BCUT2D eigenvalue weighted by atomic mass is 10.1. The Hall–Kier alpha value is -2.63. The van der Waals surface area contributed by atoms with Crippen molar-refractivity contribution in [1.82, 2.24) is 14.4 Å². The van der Waals surface area contributed by atoms with E-state index in [-0.39, 0.29) is 5.75 Å². The summed E-state index contributed by atoms with van der Waals surface area (Å²) in [6, 6.07) is 4.82. The van der Waals surface area contributed by atoms with E-state index in [0.717, 1.165) is 12.2 Å². The first kappa shape index (κ1) is 15.3. The van der Waals surface area contributed by atoms with E-state index in [9.17, 15) is 4.39 Å². The van der Waals surface area contributed by atoms with Crippen LogP contribution in [0.1, 0.15) is 13.8 Å². The highest BCUT2D eigenvalue weighted by Crippen LogP contribution is 2.26. The minimum Gasteiger partial charge on any atom is -0.494 e. The molecule has 0 radical (unpaired) electrons. The summed E-state index contributed by atoms with van der Waals surface area (Å²) in [6.07, 6.45) is 5.40. The first-order valence-corrected chi connectivity index (χ1v) is 7.50. The van der Waals surface area contributed by atoms with Crippen LogP contribution < -0.4 is 10.1 Å². The summed E-state index contributed by atoms with van der Waals surface area (Å²) >= 11 is 0. The number of nitrogens with one attached hydrogen (secondary N) is 1. The Morgan fingerprint density at radius 1 is 1.35 bits per heavy atom. The molecule has 0 aliphatic rings. The zero-order valence-electron chi connectivity index (χ0n) is 13.4. The molecule has 0 saturated carbocycles. The number of rotatable bonds is 5. The number of anilines is 1. The van der Waals surface area contributed by atoms with Crippen LogP contribution in [0.4, 0.5) is 10.2 Å². The predicted octanol–water partition coefficient (Wildman–Crippen LogP) is 3.61. The minimum absolute atomic E-state index is 0.218. The maximum atomic E-state index is 14.0. The van der Waals surface area contributed by atoms with Crippen molar-refractivity contribution in [3.63, 3.8) is 0 Å². The maximum absolute atomic E-state index is 14.0. The average molecular weight is 314 g/mol. The van der Waals surface area contributed by atoms with Crippen molar-refractivity contribution in [2.45, 2.75) is 13.8 Å². The van der Waals surface area contributed by atoms with Crippen molar-refractivity contribution in [2.24, 2.45) is 5.92 Å². The Bertz CT molecular complexity index is 829. The van der Waals surface area contributed by atoms with Crippen LogP contribution in [-0.4, -0.2) is 28.0 Å². The van der Waals surface area contributed by atoms with Gasteiger partial charge in [-0.1, -0.05) is 13.8 Å². The lowest BCUT2D eigenvalue weighted by Crippen LogP contribution is -2.11. The highest BCUT2D eigenvalue weighted by Gasteiger charge is 2.11. The fourth-order valence-corrected chi connectivity index (χ4v) is 2.32. The third-order valence-corrected chi connectivity index (χ3v) is 3.50. The van der Waals surface area contributed by atoms with Gasteiger partial charge in [0.05, 0.1) is 12.8 Å². The van der Waals surface area contributed by atoms with Crippen molar-refractivity contribution in [1.29, 1.82) is 0 Å². The Balaban J connectivity index is 2.05. The molecule has 0 fully saturated rings. The van der Waals surface area contributed by atoms with Crippen LogP contribution in [0.2, 0.25) is 0 Å². The molecule has 0 atom stereocenters. The summed E-state index contributed by atoms with van der Waals surface area (Å²) in [5.41, 5.74) is 2.11. The molecule has 1 N–H and O–H groups in total. The van der Waals surface area contributed by atoms with E-state index in [1.54, 1.807) is 18.3 Å². The molecular formula is C17H19FN4O. The van der Waals surface area contributed by atoms with Gasteiger partial charge in [-0.2, -0.15) is 0 Å². The number of halogens is 1. The number of fused-ring (bicyclic) bond motifs is 1. The molecule has 3 aromatic rings. The Morgan fingerprint density at radius 3 is 2.87 bits per heavy atom. The highest BCUT2D eigenvalue weighted by atomic mass is 19.1. The smallest absolute Gasteiger partial charge is 0.180 e. The van der Waals surface area contributed by atoms with Crippen LogP contribution in [0.5, 0.6) is 5.75 Å². The molecule has 120 valence electrons. The van der Waals surface area contributed by atoms with Crippen molar-refractivity contribution in [3.05, 3.63) is 42.6 Å². The Labute approximate surface area is 134 Å². The fraction of sp³-hybridized carbons (Fsp3) is 0.294. The molecule has 5 nitrogen and oxygen atoms in total. The van der Waals surface area contributed by atoms with Gasteiger partial charge in [-0.15, -0.1) is 0 Å². The Kier molecular flexibility index (Phi) is 4.14. The minimum atomic E-state index is -0.408. The Morgan fingerprint density at radius 2 is 2.17 bits per heavy atom. The zero-order valence-corrected chi connectivity index (χ0v) is 13.4. The summed E-state index contributed by atoms with van der Waals surface area (Å²) < 4.78 is 20.8. The molecule has 2 heterocycles. The number of ether oxygens (including phenoxy) is 1. The molecule has 0 bridgehead atoms. The van der Waals surface area contributed by atoms with E-state index in [4.69, 9.17) is 4.74 Å². The van der Waals surface area contributed by atoms with Crippen LogP contribution in [0, 0.1) is 11.7 Å². The molecular weight excluding hydrogens is 295 g/mol. The van der Waals surface area contributed by atoms with Gasteiger partial charge in [-0.05, 0) is 24.1 Å². The van der Waals surface area contributed by atoms with Gasteiger partial charge in [0, 0.05) is 30.7 Å². The molecule has 1 aromatic carbocycles. The number of nitrogens with zero attached hydrogens (tertiary/aromatic N) is 3. The van der Waals surface area contributed by atoms with E-state index in [0.29, 0.717) is 23.0 Å². The lowest BCUT2D eigenvalue weighted by Gasteiger charge is -2.12. The third-order valence-electron chi connectivity index (χ3n) is 3.50. The van der Waals surface area contributed by atoms with Crippen LogP contribution in [-0.2, 0) is 0 Å². The summed E-state index contributed by atoms with van der Waals surface area (Å²) in [5, 5.41) is 3.31. The van der Waals surface area contributed by atoms with E-state index >= 15 is 0 Å². The van der Waals surface area contributed by atoms with E-state index in [1.165, 1.54) is 13.2 Å². The monoisotopic (exact) mass is 314 g/mol. The van der Waals surface area contributed by atoms with Crippen LogP contribution in [0.25, 0.3) is 16.9 Å². The maximum Gasteiger partial charge on any atom is 0.180 e. The van der Waals surface area contributed by atoms with Gasteiger partial charge in [0.2, 0.25) is 0 Å². The van der Waals surface area contributed by atoms with Gasteiger partial charge < -0.3 is 14.5 Å². The number of imidazole rings is 1. The van der Waals surface area contributed by atoms with Gasteiger partial charge in [0.1, 0.15) is 0 Å². The number of hydrogen-bond donors (Lipinski definition) is 1. The molecule has 2 aromatic heterocycles. The van der Waals surface area contributed by atoms with Crippen LogP contribution >= 0.6 is 0 Å². The molecule has 0 amide bonds. The molecule has 0 spiro atoms. The van der Waals surface area contributed by atoms with Crippen LogP contribution in [0.3, 0.4) is 0 Å². The zero-order chi connectivity index (χ0) is 16.4. The standard InChI is InChI=1S/C17H19FN4O/c1-11(2)9-20-16-17-19-6-7-22(17)10-14(21-16)12-4-5-15(23-3)13(18)8-12/h4-8,10-11H,9H2,1-3H3,(H,20,21). The number of methoxy groups -OCH3 is 1. The van der Waals surface area contributed by atoms with E-state index in [2.05, 4.69) is 29.1 Å². The second kappa shape index (κ2) is 6.24. The lowest BCUT2D eigenvalue weighted by molar-refractivity contribution is 0.386. The molecule has 0 unspecified atom stereocenters. The third kappa shape index (κ3) is 3.11. The predicted molar refractivity (Wildman–Crippen MR) is 88.3 cm³/mol. The van der Waals surface area contributed by atoms with Gasteiger partial charge >= 0.3 is 0 Å². The van der Waals surface area contributed by atoms with Crippen molar-refractivity contribution in [2.75, 3.05) is 19.0 Å². The number of aromatic nitrogens is 3. The van der Waals surface area contributed by atoms with E-state index in [1.807, 2.05) is 16.8 Å². The second-order valence-corrected chi connectivity index (χ2v) is 5.76. The summed E-state index contributed by atoms with van der Waals surface area (Å²) in [5.74, 6) is 0.983. The van der Waals surface area contributed by atoms with Gasteiger partial charge in [-0.25, -0.2) is 14.4 Å².